The molecule has 0 radical (unpaired) electrons. The molecular weight excluding hydrogens is 262 g/mol. The van der Waals surface area contributed by atoms with Crippen LogP contribution in [0.25, 0.3) is 0 Å². The van der Waals surface area contributed by atoms with E-state index in [2.05, 4.69) is 12.2 Å². The number of carbonyl (C=O) groups excluding carboxylic acids is 1. The molecule has 100 valence electrons. The van der Waals surface area contributed by atoms with Crippen LogP contribution in [0.4, 0.5) is 0 Å². The Hall–Kier alpha value is -0.560. The summed E-state index contributed by atoms with van der Waals surface area (Å²) in [7, 11) is -1.20. The molecule has 0 aliphatic heterocycles. The van der Waals surface area contributed by atoms with Gasteiger partial charge in [-0.3, -0.25) is 9.00 Å². The first kappa shape index (κ1) is 16.4. The smallest absolute Gasteiger partial charge is 0.327 e. The number of hydrogen-bond donors (Lipinski definition) is 2. The van der Waals surface area contributed by atoms with E-state index in [4.69, 9.17) is 5.11 Å². The normalized spacial score (nSPS) is 14.0. The molecule has 0 aromatic carbocycles. The second-order valence-corrected chi connectivity index (χ2v) is 6.47. The topological polar surface area (TPSA) is 83.5 Å². The van der Waals surface area contributed by atoms with Gasteiger partial charge in [0.25, 0.3) is 0 Å². The number of carboxylic acid groups (broad SMARTS) is 1. The predicted molar refractivity (Wildman–Crippen MR) is 70.7 cm³/mol. The van der Waals surface area contributed by atoms with Gasteiger partial charge in [0.1, 0.15) is 6.04 Å². The highest BCUT2D eigenvalue weighted by Crippen LogP contribution is 2.02. The molecule has 1 unspecified atom stereocenters. The zero-order valence-electron chi connectivity index (χ0n) is 10.1. The number of amides is 1. The van der Waals surface area contributed by atoms with Crippen LogP contribution in [0.2, 0.25) is 0 Å². The molecular formula is C10H19NO4S2. The largest absolute Gasteiger partial charge is 0.480 e. The fourth-order valence-corrected chi connectivity index (χ4v) is 3.21. The molecule has 0 aromatic rings. The Morgan fingerprint density at radius 3 is 2.59 bits per heavy atom. The molecule has 0 spiro atoms. The van der Waals surface area contributed by atoms with Gasteiger partial charge in [0.2, 0.25) is 5.91 Å². The minimum atomic E-state index is -1.20. The molecule has 5 nitrogen and oxygen atoms in total. The van der Waals surface area contributed by atoms with E-state index in [1.54, 1.807) is 11.8 Å². The summed E-state index contributed by atoms with van der Waals surface area (Å²) >= 11 is 1.77. The van der Waals surface area contributed by atoms with E-state index in [0.717, 1.165) is 17.9 Å². The lowest BCUT2D eigenvalue weighted by atomic mass is 10.3. The lowest BCUT2D eigenvalue weighted by Gasteiger charge is -2.12. The second kappa shape index (κ2) is 9.47. The first-order valence-corrected chi connectivity index (χ1v) is 8.04. The van der Waals surface area contributed by atoms with Gasteiger partial charge in [-0.15, -0.1) is 0 Å². The van der Waals surface area contributed by atoms with E-state index >= 15 is 0 Å². The average molecular weight is 281 g/mol. The second-order valence-electron chi connectivity index (χ2n) is 3.45. The molecule has 0 aliphatic carbocycles. The van der Waals surface area contributed by atoms with Crippen molar-refractivity contribution in [3.63, 3.8) is 0 Å². The summed E-state index contributed by atoms with van der Waals surface area (Å²) < 4.78 is 11.6. The molecule has 0 bridgehead atoms. The van der Waals surface area contributed by atoms with Gasteiger partial charge in [-0.1, -0.05) is 6.92 Å². The minimum absolute atomic E-state index is 0.0221. The SMILES string of the molecule is CCSCCCS(=O)C[C@H](NC(C)=O)C(=O)O. The van der Waals surface area contributed by atoms with E-state index in [9.17, 15) is 13.8 Å². The number of nitrogens with one attached hydrogen (secondary N) is 1. The maximum Gasteiger partial charge on any atom is 0.327 e. The summed E-state index contributed by atoms with van der Waals surface area (Å²) in [5.41, 5.74) is 0. The van der Waals surface area contributed by atoms with E-state index in [0.29, 0.717) is 5.75 Å². The van der Waals surface area contributed by atoms with E-state index in [1.807, 2.05) is 0 Å². The Bertz CT molecular complexity index is 283. The first-order valence-electron chi connectivity index (χ1n) is 5.40. The summed E-state index contributed by atoms with van der Waals surface area (Å²) in [6.45, 7) is 3.30. The van der Waals surface area contributed by atoms with Crippen LogP contribution in [0.15, 0.2) is 0 Å². The summed E-state index contributed by atoms with van der Waals surface area (Å²) in [4.78, 5) is 21.6. The molecule has 17 heavy (non-hydrogen) atoms. The van der Waals surface area contributed by atoms with Gasteiger partial charge >= 0.3 is 5.97 Å². The van der Waals surface area contributed by atoms with Crippen molar-refractivity contribution in [3.05, 3.63) is 0 Å². The number of aliphatic carboxylic acids is 1. The van der Waals surface area contributed by atoms with Crippen molar-refractivity contribution < 1.29 is 18.9 Å². The fourth-order valence-electron chi connectivity index (χ4n) is 1.16. The van der Waals surface area contributed by atoms with Crippen molar-refractivity contribution >= 4 is 34.4 Å². The van der Waals surface area contributed by atoms with Crippen LogP contribution in [0.5, 0.6) is 0 Å². The number of hydrogen-bond acceptors (Lipinski definition) is 4. The van der Waals surface area contributed by atoms with Crippen LogP contribution in [-0.2, 0) is 20.4 Å². The third-order valence-electron chi connectivity index (χ3n) is 1.89. The summed E-state index contributed by atoms with van der Waals surface area (Å²) in [5, 5.41) is 11.1. The molecule has 0 saturated heterocycles. The summed E-state index contributed by atoms with van der Waals surface area (Å²) in [5.74, 6) is 0.853. The molecule has 0 heterocycles. The van der Waals surface area contributed by atoms with Crippen LogP contribution < -0.4 is 5.32 Å². The molecule has 0 saturated carbocycles. The van der Waals surface area contributed by atoms with Crippen LogP contribution in [-0.4, -0.2) is 50.2 Å². The maximum absolute atomic E-state index is 11.6. The molecule has 2 N–H and O–H groups in total. The minimum Gasteiger partial charge on any atom is -0.480 e. The van der Waals surface area contributed by atoms with Gasteiger partial charge in [-0.2, -0.15) is 11.8 Å². The zero-order chi connectivity index (χ0) is 13.3. The third-order valence-corrected chi connectivity index (χ3v) is 4.33. The molecule has 0 fully saturated rings. The quantitative estimate of drug-likeness (QED) is 0.600. The van der Waals surface area contributed by atoms with Crippen molar-refractivity contribution in [2.45, 2.75) is 26.3 Å². The Morgan fingerprint density at radius 2 is 2.12 bits per heavy atom. The molecule has 0 aliphatic rings. The van der Waals surface area contributed by atoms with Crippen molar-refractivity contribution in [2.24, 2.45) is 0 Å². The Labute approximate surface area is 108 Å². The summed E-state index contributed by atoms with van der Waals surface area (Å²) in [6, 6.07) is -1.05. The highest BCUT2D eigenvalue weighted by atomic mass is 32.2. The van der Waals surface area contributed by atoms with Crippen molar-refractivity contribution in [2.75, 3.05) is 23.0 Å². The average Bonchev–Trinajstić information content (AvgIpc) is 2.22. The molecule has 2 atom stereocenters. The van der Waals surface area contributed by atoms with E-state index < -0.39 is 28.7 Å². The number of rotatable bonds is 9. The van der Waals surface area contributed by atoms with E-state index in [1.165, 1.54) is 6.92 Å². The Kier molecular flexibility index (Phi) is 9.16. The lowest BCUT2D eigenvalue weighted by molar-refractivity contribution is -0.140. The maximum atomic E-state index is 11.6. The first-order chi connectivity index (χ1) is 7.97. The monoisotopic (exact) mass is 281 g/mol. The van der Waals surface area contributed by atoms with Gasteiger partial charge < -0.3 is 10.4 Å². The highest BCUT2D eigenvalue weighted by molar-refractivity contribution is 7.99. The predicted octanol–water partition coefficient (Wildman–Crippen LogP) is 0.468. The highest BCUT2D eigenvalue weighted by Gasteiger charge is 2.20. The Morgan fingerprint density at radius 1 is 1.47 bits per heavy atom. The van der Waals surface area contributed by atoms with Crippen molar-refractivity contribution in [1.29, 1.82) is 0 Å². The fraction of sp³-hybridized carbons (Fsp3) is 0.800. The summed E-state index contributed by atoms with van der Waals surface area (Å²) in [6.07, 6.45) is 0.803. The molecule has 0 rings (SSSR count). The lowest BCUT2D eigenvalue weighted by Crippen LogP contribution is -2.43. The van der Waals surface area contributed by atoms with Crippen molar-refractivity contribution in [1.82, 2.24) is 5.32 Å². The Balaban J connectivity index is 3.96. The molecule has 0 aromatic heterocycles. The van der Waals surface area contributed by atoms with Gasteiger partial charge in [0.15, 0.2) is 0 Å². The van der Waals surface area contributed by atoms with Crippen LogP contribution in [0, 0.1) is 0 Å². The van der Waals surface area contributed by atoms with Crippen LogP contribution in [0.1, 0.15) is 20.3 Å². The van der Waals surface area contributed by atoms with Gasteiger partial charge in [0, 0.05) is 23.5 Å². The van der Waals surface area contributed by atoms with Crippen LogP contribution >= 0.6 is 11.8 Å². The standard InChI is InChI=1S/C10H19NO4S2/c1-3-16-5-4-6-17(15)7-9(10(13)14)11-8(2)12/h9H,3-7H2,1-2H3,(H,11,12)(H,13,14)/t9-,17?/m0/s1. The van der Waals surface area contributed by atoms with Gasteiger partial charge in [-0.05, 0) is 17.9 Å². The molecule has 7 heteroatoms. The number of carbonyl (C=O) groups is 2. The number of thioether (sulfide) groups is 1. The van der Waals surface area contributed by atoms with Gasteiger partial charge in [0.05, 0.1) is 5.75 Å². The third kappa shape index (κ3) is 9.17. The molecule has 1 amide bonds. The zero-order valence-corrected chi connectivity index (χ0v) is 11.7. The van der Waals surface area contributed by atoms with Crippen molar-refractivity contribution in [3.8, 4) is 0 Å². The van der Waals surface area contributed by atoms with Gasteiger partial charge in [-0.25, -0.2) is 4.79 Å². The van der Waals surface area contributed by atoms with Crippen LogP contribution in [0.3, 0.4) is 0 Å². The van der Waals surface area contributed by atoms with E-state index in [-0.39, 0.29) is 5.75 Å². The number of carboxylic acids is 1.